The zero-order chi connectivity index (χ0) is 51.5. The van der Waals surface area contributed by atoms with Gasteiger partial charge in [0.05, 0.1) is 10.8 Å². The van der Waals surface area contributed by atoms with E-state index in [2.05, 4.69) is 248 Å². The second-order valence-electron chi connectivity index (χ2n) is 21.0. The van der Waals surface area contributed by atoms with Crippen LogP contribution >= 0.6 is 16.4 Å². The van der Waals surface area contributed by atoms with Gasteiger partial charge in [-0.25, -0.2) is 0 Å². The summed E-state index contributed by atoms with van der Waals surface area (Å²) in [5.41, 5.74) is 12.2. The van der Waals surface area contributed by atoms with Gasteiger partial charge in [-0.1, -0.05) is 236 Å². The van der Waals surface area contributed by atoms with E-state index in [4.69, 9.17) is 26.5 Å². The van der Waals surface area contributed by atoms with Crippen LogP contribution in [0.4, 0.5) is 0 Å². The number of rotatable bonds is 21. The van der Waals surface area contributed by atoms with Crippen molar-refractivity contribution < 1.29 is 18.9 Å². The van der Waals surface area contributed by atoms with E-state index < -0.39 is 18.6 Å². The number of hydrogen-bond acceptors (Lipinski definition) is 4. The summed E-state index contributed by atoms with van der Waals surface area (Å²) < 4.78 is 25.2. The van der Waals surface area contributed by atoms with Crippen molar-refractivity contribution in [3.8, 4) is 11.5 Å². The molecule has 0 fully saturated rings. The van der Waals surface area contributed by atoms with E-state index in [1.807, 2.05) is 0 Å². The fourth-order valence-corrected chi connectivity index (χ4v) is 13.8. The molecule has 8 aromatic rings. The van der Waals surface area contributed by atoms with Gasteiger partial charge in [-0.3, -0.25) is 0 Å². The maximum atomic E-state index is 7.43. The Morgan fingerprint density at radius 1 is 0.411 bits per heavy atom. The van der Waals surface area contributed by atoms with Crippen molar-refractivity contribution in [2.45, 2.75) is 75.5 Å². The van der Waals surface area contributed by atoms with E-state index in [1.165, 1.54) is 33.4 Å². The molecule has 2 unspecified atom stereocenters. The van der Waals surface area contributed by atoms with Gasteiger partial charge in [-0.15, -0.1) is 8.58 Å². The van der Waals surface area contributed by atoms with Crippen molar-refractivity contribution in [1.29, 1.82) is 0 Å². The Morgan fingerprint density at radius 3 is 1.01 bits per heavy atom. The molecule has 372 valence electrons. The molecule has 2 radical (unpaired) electrons. The summed E-state index contributed by atoms with van der Waals surface area (Å²) in [6.07, 6.45) is 3.41. The molecule has 7 heteroatoms. The Kier molecular flexibility index (Phi) is 17.6. The predicted octanol–water partition coefficient (Wildman–Crippen LogP) is 16.0. The van der Waals surface area contributed by atoms with Crippen molar-refractivity contribution in [2.75, 3.05) is 40.1 Å². The van der Waals surface area contributed by atoms with Crippen molar-refractivity contribution in [2.24, 2.45) is 0 Å². The Labute approximate surface area is 440 Å². The highest BCUT2D eigenvalue weighted by Crippen LogP contribution is 2.54. The largest absolute Gasteiger partial charge is 0.467 e. The van der Waals surface area contributed by atoms with Crippen LogP contribution < -0.4 is 9.47 Å². The van der Waals surface area contributed by atoms with Crippen molar-refractivity contribution in [3.63, 3.8) is 0 Å². The third kappa shape index (κ3) is 11.6. The second kappa shape index (κ2) is 24.0. The van der Waals surface area contributed by atoms with Crippen LogP contribution in [0.25, 0.3) is 0 Å². The van der Waals surface area contributed by atoms with Crippen LogP contribution in [0, 0.1) is 0 Å². The molecule has 0 saturated carbocycles. The highest BCUT2D eigenvalue weighted by molar-refractivity contribution is 7.81. The molecule has 0 aliphatic rings. The van der Waals surface area contributed by atoms with Crippen LogP contribution in [0.2, 0.25) is 0 Å². The third-order valence-electron chi connectivity index (χ3n) is 14.0. The van der Waals surface area contributed by atoms with E-state index in [0.29, 0.717) is 14.7 Å². The molecule has 0 heterocycles. The summed E-state index contributed by atoms with van der Waals surface area (Å²) in [6, 6.07) is 74.8. The van der Waals surface area contributed by atoms with Gasteiger partial charge in [0.1, 0.15) is 19.1 Å². The molecule has 8 rings (SSSR count). The number of methoxy groups -OCH3 is 2. The molecule has 0 spiro atoms. The number of hydrogen-bond donors (Lipinski definition) is 0. The Morgan fingerprint density at radius 2 is 0.712 bits per heavy atom. The minimum atomic E-state index is -0.950. The average molecular weight is 1000 g/mol. The average Bonchev–Trinajstić information content (AvgIpc) is 3.41. The van der Waals surface area contributed by atoms with Crippen LogP contribution in [0.5, 0.6) is 11.5 Å². The van der Waals surface area contributed by atoms with Gasteiger partial charge >= 0.3 is 0 Å². The molecular weight excluding hydrogens is 929 g/mol. The topological polar surface area (TPSA) is 36.9 Å². The summed E-state index contributed by atoms with van der Waals surface area (Å²) >= 11 is 0. The molecule has 73 heavy (non-hydrogen) atoms. The molecule has 0 N–H and O–H groups in total. The number of benzene rings is 8. The van der Waals surface area contributed by atoms with E-state index in [0.717, 1.165) is 63.4 Å². The standard InChI is InChI=1S/C66H71BO4P2/c1-63(2,3)57-41-49(61(70-47-68-7)59(43-57)65(51-27-15-9-16-28-51,52-29-17-10-18-30-52)53-31-19-11-20-32-53)45-72-39-40-73(67)46-50-42-58(64(4,5)6)44-60(62(50)71-48-69-8)66(54-33-21-12-22-34-54,55-35-23-13-24-36-55)56-37-25-14-26-38-56/h9-38,41-44,72H,39-40,45-48H2,1-8H3. The van der Waals surface area contributed by atoms with E-state index in [9.17, 15) is 0 Å². The Bertz CT molecular complexity index is 2780. The molecular formula is C66H71BO4P2. The summed E-state index contributed by atoms with van der Waals surface area (Å²) in [4.78, 5) is 0. The lowest BCUT2D eigenvalue weighted by Crippen LogP contribution is -2.32. The minimum absolute atomic E-state index is 0.108. The first kappa shape index (κ1) is 53.5. The first-order valence-electron chi connectivity index (χ1n) is 25.5. The summed E-state index contributed by atoms with van der Waals surface area (Å²) in [6.45, 7) is 14.0. The van der Waals surface area contributed by atoms with Gasteiger partial charge in [-0.2, -0.15) is 7.80 Å². The van der Waals surface area contributed by atoms with Crippen molar-refractivity contribution in [1.82, 2.24) is 0 Å². The van der Waals surface area contributed by atoms with Crippen LogP contribution in [0.3, 0.4) is 0 Å². The fourth-order valence-electron chi connectivity index (χ4n) is 10.4. The summed E-state index contributed by atoms with van der Waals surface area (Å²) in [5.74, 6) is 1.70. The van der Waals surface area contributed by atoms with Gasteiger partial charge in [0.25, 0.3) is 0 Å². The van der Waals surface area contributed by atoms with Gasteiger partial charge in [0.15, 0.2) is 13.6 Å². The zero-order valence-electron chi connectivity index (χ0n) is 44.0. The predicted molar refractivity (Wildman–Crippen MR) is 310 cm³/mol. The van der Waals surface area contributed by atoms with Crippen LogP contribution in [0.15, 0.2) is 206 Å². The molecule has 2 atom stereocenters. The molecule has 0 aliphatic heterocycles. The van der Waals surface area contributed by atoms with E-state index >= 15 is 0 Å². The summed E-state index contributed by atoms with van der Waals surface area (Å²) in [5, 5.41) is 0. The molecule has 4 nitrogen and oxygen atoms in total. The van der Waals surface area contributed by atoms with E-state index in [1.54, 1.807) is 14.2 Å². The lowest BCUT2D eigenvalue weighted by atomic mass is 9.63. The smallest absolute Gasteiger partial charge is 0.188 e. The quantitative estimate of drug-likeness (QED) is 0.0236. The third-order valence-corrected chi connectivity index (χ3v) is 17.2. The van der Waals surface area contributed by atoms with Gasteiger partial charge < -0.3 is 18.9 Å². The molecule has 0 aromatic heterocycles. The first-order chi connectivity index (χ1) is 35.3. The van der Waals surface area contributed by atoms with Gasteiger partial charge in [-0.05, 0) is 103 Å². The molecule has 0 saturated heterocycles. The normalized spacial score (nSPS) is 12.8. The van der Waals surface area contributed by atoms with E-state index in [-0.39, 0.29) is 24.4 Å². The summed E-state index contributed by atoms with van der Waals surface area (Å²) in [7, 11) is 10.5. The van der Waals surface area contributed by atoms with Gasteiger partial charge in [0.2, 0.25) is 0 Å². The fraction of sp³-hybridized carbons (Fsp3) is 0.273. The zero-order valence-corrected chi connectivity index (χ0v) is 45.9. The lowest BCUT2D eigenvalue weighted by molar-refractivity contribution is 0.0493. The highest BCUT2D eigenvalue weighted by atomic mass is 31.1. The Hall–Kier alpha value is -5.80. The van der Waals surface area contributed by atoms with Crippen LogP contribution in [-0.2, 0) is 43.5 Å². The monoisotopic (exact) mass is 1000 g/mol. The first-order valence-corrected chi connectivity index (χ1v) is 28.7. The lowest BCUT2D eigenvalue weighted by Gasteiger charge is -2.39. The Balaban J connectivity index is 1.20. The molecule has 0 amide bonds. The maximum absolute atomic E-state index is 7.43. The highest BCUT2D eigenvalue weighted by Gasteiger charge is 2.44. The van der Waals surface area contributed by atoms with Gasteiger partial charge in [0, 0.05) is 25.3 Å². The van der Waals surface area contributed by atoms with Crippen molar-refractivity contribution in [3.05, 3.63) is 273 Å². The molecule has 0 aliphatic carbocycles. The SMILES string of the molecule is [B]P(CCPCc1cc(C(C)(C)C)cc(C(c2ccccc2)(c2ccccc2)c2ccccc2)c1OCOC)Cc1cc(C(C)(C)C)cc(C(c2ccccc2)(c2ccccc2)c2ccccc2)c1OCOC. The number of ether oxygens (including phenoxy) is 4. The minimum Gasteiger partial charge on any atom is -0.467 e. The molecule has 8 aromatic carbocycles. The van der Waals surface area contributed by atoms with Crippen LogP contribution in [-0.4, -0.2) is 47.7 Å². The molecule has 0 bridgehead atoms. The van der Waals surface area contributed by atoms with Crippen molar-refractivity contribution >= 4 is 23.9 Å². The van der Waals surface area contributed by atoms with Crippen LogP contribution in [0.1, 0.15) is 108 Å². The second-order valence-corrected chi connectivity index (χ2v) is 24.3. The maximum Gasteiger partial charge on any atom is 0.188 e.